The quantitative estimate of drug-likeness (QED) is 0.542. The zero-order chi connectivity index (χ0) is 17.6. The van der Waals surface area contributed by atoms with Crippen molar-refractivity contribution in [1.29, 1.82) is 0 Å². The van der Waals surface area contributed by atoms with Gasteiger partial charge in [0.2, 0.25) is 0 Å². The summed E-state index contributed by atoms with van der Waals surface area (Å²) >= 11 is 9.39. The summed E-state index contributed by atoms with van der Waals surface area (Å²) in [5.41, 5.74) is 5.48. The van der Waals surface area contributed by atoms with Gasteiger partial charge in [-0.1, -0.05) is 23.2 Å². The molecule has 2 aromatic carbocycles. The highest BCUT2D eigenvalue weighted by atomic mass is 35.5. The molecule has 0 saturated heterocycles. The molecule has 3 aromatic rings. The molecule has 0 spiro atoms. The number of anilines is 1. The van der Waals surface area contributed by atoms with E-state index in [9.17, 15) is 4.79 Å². The van der Waals surface area contributed by atoms with Crippen molar-refractivity contribution in [1.82, 2.24) is 0 Å². The Morgan fingerprint density at radius 1 is 1.12 bits per heavy atom. The van der Waals surface area contributed by atoms with Crippen molar-refractivity contribution in [3.63, 3.8) is 0 Å². The van der Waals surface area contributed by atoms with Gasteiger partial charge in [-0.15, -0.1) is 23.1 Å². The van der Waals surface area contributed by atoms with Crippen molar-refractivity contribution in [2.45, 2.75) is 24.5 Å². The fourth-order valence-corrected chi connectivity index (χ4v) is 5.44. The maximum Gasteiger partial charge on any atom is 0.265 e. The van der Waals surface area contributed by atoms with Gasteiger partial charge in [-0.05, 0) is 61.4 Å². The maximum atomic E-state index is 12.7. The molecular weight excluding hydrogens is 370 g/mol. The lowest BCUT2D eigenvalue weighted by Crippen LogP contribution is -2.11. The topological polar surface area (TPSA) is 29.1 Å². The molecule has 0 fully saturated rings. The first-order chi connectivity index (χ1) is 12.0. The number of carbonyl (C=O) groups excluding carboxylic acids is 1. The molecule has 2 heterocycles. The normalized spacial score (nSPS) is 12.4. The smallest absolute Gasteiger partial charge is 0.265 e. The molecule has 0 saturated carbocycles. The summed E-state index contributed by atoms with van der Waals surface area (Å²) in [7, 11) is 0. The highest BCUT2D eigenvalue weighted by molar-refractivity contribution is 7.98. The van der Waals surface area contributed by atoms with Gasteiger partial charge in [0.1, 0.15) is 0 Å². The summed E-state index contributed by atoms with van der Waals surface area (Å²) in [6.07, 6.45) is 0. The van der Waals surface area contributed by atoms with Crippen LogP contribution in [0.15, 0.2) is 47.4 Å². The summed E-state index contributed by atoms with van der Waals surface area (Å²) in [6, 6.07) is 14.0. The van der Waals surface area contributed by atoms with Gasteiger partial charge >= 0.3 is 0 Å². The van der Waals surface area contributed by atoms with Crippen LogP contribution in [0.1, 0.15) is 26.4 Å². The fourth-order valence-electron chi connectivity index (χ4n) is 2.93. The van der Waals surface area contributed by atoms with Crippen molar-refractivity contribution >= 4 is 46.3 Å². The van der Waals surface area contributed by atoms with Crippen LogP contribution in [0, 0.1) is 13.8 Å². The molecule has 5 heteroatoms. The number of amides is 1. The van der Waals surface area contributed by atoms with Crippen LogP contribution in [0.3, 0.4) is 0 Å². The van der Waals surface area contributed by atoms with Crippen molar-refractivity contribution in [3.05, 3.63) is 69.1 Å². The zero-order valence-electron chi connectivity index (χ0n) is 13.9. The molecule has 1 N–H and O–H groups in total. The van der Waals surface area contributed by atoms with E-state index in [0.29, 0.717) is 5.02 Å². The van der Waals surface area contributed by atoms with Crippen LogP contribution < -0.4 is 5.32 Å². The number of thiophene rings is 1. The number of aryl methyl sites for hydroxylation is 2. The van der Waals surface area contributed by atoms with E-state index in [1.54, 1.807) is 17.4 Å². The first-order valence-corrected chi connectivity index (χ1v) is 10.1. The Bertz CT molecular complexity index is 993. The molecule has 1 aliphatic heterocycles. The Labute approximate surface area is 160 Å². The number of thioether (sulfide) groups is 1. The Balaban J connectivity index is 1.66. The standard InChI is InChI=1S/C20H16ClNOS2/c1-11-3-6-17-15(7-11)19-13(10-24-17)9-18(25-19)20(23)22-16-5-4-14(21)8-12(16)2/h3-9H,10H2,1-2H3,(H,22,23). The number of halogens is 1. The SMILES string of the molecule is Cc1ccc2c(c1)-c1sc(C(=O)Nc3ccc(Cl)cc3C)cc1CS2. The Morgan fingerprint density at radius 2 is 1.96 bits per heavy atom. The number of carbonyl (C=O) groups is 1. The van der Waals surface area contributed by atoms with Gasteiger partial charge in [0, 0.05) is 31.8 Å². The third kappa shape index (κ3) is 3.22. The zero-order valence-corrected chi connectivity index (χ0v) is 16.2. The van der Waals surface area contributed by atoms with Crippen LogP contribution in [-0.4, -0.2) is 5.91 Å². The number of benzene rings is 2. The molecule has 1 amide bonds. The maximum absolute atomic E-state index is 12.7. The van der Waals surface area contributed by atoms with E-state index in [1.165, 1.54) is 26.5 Å². The lowest BCUT2D eigenvalue weighted by atomic mass is 10.1. The molecule has 0 atom stereocenters. The van der Waals surface area contributed by atoms with Gasteiger partial charge in [-0.25, -0.2) is 0 Å². The van der Waals surface area contributed by atoms with Gasteiger partial charge in [0.05, 0.1) is 4.88 Å². The first kappa shape index (κ1) is 16.7. The number of fused-ring (bicyclic) bond motifs is 3. The molecular formula is C20H16ClNOS2. The van der Waals surface area contributed by atoms with E-state index in [4.69, 9.17) is 11.6 Å². The highest BCUT2D eigenvalue weighted by Gasteiger charge is 2.22. The minimum absolute atomic E-state index is 0.0657. The van der Waals surface area contributed by atoms with Gasteiger partial charge in [-0.3, -0.25) is 4.79 Å². The van der Waals surface area contributed by atoms with E-state index >= 15 is 0 Å². The van der Waals surface area contributed by atoms with Gasteiger partial charge in [-0.2, -0.15) is 0 Å². The Kier molecular flexibility index (Phi) is 4.36. The second-order valence-corrected chi connectivity index (χ2v) is 8.67. The summed E-state index contributed by atoms with van der Waals surface area (Å²) in [5.74, 6) is 0.846. The molecule has 0 bridgehead atoms. The lowest BCUT2D eigenvalue weighted by Gasteiger charge is -2.15. The van der Waals surface area contributed by atoms with E-state index < -0.39 is 0 Å². The van der Waals surface area contributed by atoms with Gasteiger partial charge in [0.25, 0.3) is 5.91 Å². The van der Waals surface area contributed by atoms with Crippen LogP contribution in [0.25, 0.3) is 10.4 Å². The third-order valence-corrected chi connectivity index (χ3v) is 6.80. The summed E-state index contributed by atoms with van der Waals surface area (Å²) in [6.45, 7) is 4.04. The number of nitrogens with one attached hydrogen (secondary N) is 1. The Morgan fingerprint density at radius 3 is 2.76 bits per heavy atom. The van der Waals surface area contributed by atoms with Crippen LogP contribution in [0.4, 0.5) is 5.69 Å². The molecule has 126 valence electrons. The second kappa shape index (κ2) is 6.52. The molecule has 4 rings (SSSR count). The molecule has 1 aromatic heterocycles. The number of rotatable bonds is 2. The third-order valence-electron chi connectivity index (χ3n) is 4.23. The van der Waals surface area contributed by atoms with E-state index in [-0.39, 0.29) is 5.91 Å². The predicted octanol–water partition coefficient (Wildman–Crippen LogP) is 6.54. The van der Waals surface area contributed by atoms with Crippen molar-refractivity contribution < 1.29 is 4.79 Å². The van der Waals surface area contributed by atoms with Crippen LogP contribution in [0.2, 0.25) is 5.02 Å². The molecule has 2 nitrogen and oxygen atoms in total. The van der Waals surface area contributed by atoms with E-state index in [1.807, 2.05) is 36.9 Å². The van der Waals surface area contributed by atoms with Gasteiger partial charge < -0.3 is 5.32 Å². The van der Waals surface area contributed by atoms with E-state index in [0.717, 1.165) is 21.9 Å². The predicted molar refractivity (Wildman–Crippen MR) is 108 cm³/mol. The van der Waals surface area contributed by atoms with Crippen molar-refractivity contribution in [2.75, 3.05) is 5.32 Å². The van der Waals surface area contributed by atoms with Crippen molar-refractivity contribution in [3.8, 4) is 10.4 Å². The average Bonchev–Trinajstić information content (AvgIpc) is 3.02. The molecule has 0 aliphatic carbocycles. The number of hydrogen-bond acceptors (Lipinski definition) is 3. The molecule has 0 radical (unpaired) electrons. The first-order valence-electron chi connectivity index (χ1n) is 7.95. The minimum Gasteiger partial charge on any atom is -0.321 e. The molecule has 1 aliphatic rings. The fraction of sp³-hybridized carbons (Fsp3) is 0.150. The second-order valence-electron chi connectivity index (χ2n) is 6.17. The highest BCUT2D eigenvalue weighted by Crippen LogP contribution is 2.46. The summed E-state index contributed by atoms with van der Waals surface area (Å²) in [4.78, 5) is 16.0. The summed E-state index contributed by atoms with van der Waals surface area (Å²) < 4.78 is 0. The monoisotopic (exact) mass is 385 g/mol. The van der Waals surface area contributed by atoms with Crippen LogP contribution >= 0.6 is 34.7 Å². The largest absolute Gasteiger partial charge is 0.321 e. The van der Waals surface area contributed by atoms with Crippen LogP contribution in [-0.2, 0) is 5.75 Å². The lowest BCUT2D eigenvalue weighted by molar-refractivity contribution is 0.103. The molecule has 25 heavy (non-hydrogen) atoms. The van der Waals surface area contributed by atoms with Gasteiger partial charge in [0.15, 0.2) is 0 Å². The Hall–Kier alpha value is -1.75. The van der Waals surface area contributed by atoms with Crippen LogP contribution in [0.5, 0.6) is 0 Å². The average molecular weight is 386 g/mol. The molecule has 0 unspecified atom stereocenters. The van der Waals surface area contributed by atoms with E-state index in [2.05, 4.69) is 30.4 Å². The minimum atomic E-state index is -0.0657. The number of hydrogen-bond donors (Lipinski definition) is 1. The van der Waals surface area contributed by atoms with Crippen molar-refractivity contribution in [2.24, 2.45) is 0 Å². The summed E-state index contributed by atoms with van der Waals surface area (Å²) in [5, 5.41) is 3.68.